The summed E-state index contributed by atoms with van der Waals surface area (Å²) in [5.41, 5.74) is 0.485. The Morgan fingerprint density at radius 2 is 1.71 bits per heavy atom. The third-order valence-corrected chi connectivity index (χ3v) is 6.46. The first kappa shape index (κ1) is 29.0. The highest BCUT2D eigenvalue weighted by atomic mass is 19.4. The van der Waals surface area contributed by atoms with Crippen LogP contribution in [-0.4, -0.2) is 31.3 Å². The van der Waals surface area contributed by atoms with Crippen LogP contribution >= 0.6 is 0 Å². The number of nitrogens with one attached hydrogen (secondary N) is 1. The molecule has 0 radical (unpaired) electrons. The Morgan fingerprint density at radius 3 is 2.34 bits per heavy atom. The van der Waals surface area contributed by atoms with Crippen LogP contribution in [0.15, 0.2) is 54.6 Å². The average molecular weight is 534 g/mol. The van der Waals surface area contributed by atoms with Gasteiger partial charge in [0.2, 0.25) is 0 Å². The molecule has 0 aliphatic carbocycles. The van der Waals surface area contributed by atoms with Crippen molar-refractivity contribution >= 4 is 5.97 Å². The van der Waals surface area contributed by atoms with Gasteiger partial charge in [0.15, 0.2) is 0 Å². The number of aliphatic carboxylic acids is 1. The van der Waals surface area contributed by atoms with Crippen molar-refractivity contribution in [2.45, 2.75) is 45.3 Å². The molecule has 1 atom stereocenters. The van der Waals surface area contributed by atoms with Crippen molar-refractivity contribution in [3.63, 3.8) is 0 Å². The fourth-order valence-corrected chi connectivity index (χ4v) is 4.12. The summed E-state index contributed by atoms with van der Waals surface area (Å²) in [7, 11) is 1.44. The number of hydrogen-bond donors (Lipinski definition) is 2. The molecular formula is C29H31F4NO4. The number of carboxylic acid groups (broad SMARTS) is 1. The van der Waals surface area contributed by atoms with Crippen LogP contribution in [0.25, 0.3) is 11.1 Å². The Labute approximate surface area is 219 Å². The second-order valence-corrected chi connectivity index (χ2v) is 9.65. The molecule has 0 fully saturated rings. The van der Waals surface area contributed by atoms with Gasteiger partial charge in [0.1, 0.15) is 23.9 Å². The number of alkyl halides is 3. The van der Waals surface area contributed by atoms with Crippen LogP contribution in [0.5, 0.6) is 11.5 Å². The third-order valence-electron chi connectivity index (χ3n) is 6.46. The zero-order valence-electron chi connectivity index (χ0n) is 21.9. The summed E-state index contributed by atoms with van der Waals surface area (Å²) in [6.07, 6.45) is -4.61. The normalized spacial score (nSPS) is 12.8. The van der Waals surface area contributed by atoms with Gasteiger partial charge in [-0.25, -0.2) is 4.39 Å². The van der Waals surface area contributed by atoms with E-state index in [0.717, 1.165) is 17.7 Å². The summed E-state index contributed by atoms with van der Waals surface area (Å²) in [6, 6.07) is 12.5. The highest BCUT2D eigenvalue weighted by molar-refractivity contribution is 5.82. The molecule has 0 amide bonds. The first-order valence-corrected chi connectivity index (χ1v) is 12.0. The van der Waals surface area contributed by atoms with E-state index in [0.29, 0.717) is 22.4 Å². The fourth-order valence-electron chi connectivity index (χ4n) is 4.12. The molecule has 0 aliphatic heterocycles. The van der Waals surface area contributed by atoms with E-state index >= 15 is 0 Å². The summed E-state index contributed by atoms with van der Waals surface area (Å²) in [4.78, 5) is 11.8. The quantitative estimate of drug-likeness (QED) is 0.219. The van der Waals surface area contributed by atoms with Crippen LogP contribution in [0.4, 0.5) is 17.6 Å². The van der Waals surface area contributed by atoms with Gasteiger partial charge in [-0.15, -0.1) is 0 Å². The molecule has 0 heterocycles. The molecule has 0 aliphatic rings. The van der Waals surface area contributed by atoms with Gasteiger partial charge < -0.3 is 19.9 Å². The van der Waals surface area contributed by atoms with E-state index in [1.165, 1.54) is 25.3 Å². The molecule has 204 valence electrons. The number of rotatable bonds is 10. The lowest BCUT2D eigenvalue weighted by Gasteiger charge is -2.23. The fraction of sp³-hybridized carbons (Fsp3) is 0.345. The zero-order valence-corrected chi connectivity index (χ0v) is 21.9. The predicted molar refractivity (Wildman–Crippen MR) is 137 cm³/mol. The summed E-state index contributed by atoms with van der Waals surface area (Å²) in [6.45, 7) is 7.03. The molecule has 0 saturated heterocycles. The maximum Gasteiger partial charge on any atom is 0.416 e. The average Bonchev–Trinajstić information content (AvgIpc) is 2.85. The van der Waals surface area contributed by atoms with Crippen molar-refractivity contribution < 1.29 is 36.9 Å². The zero-order chi connectivity index (χ0) is 28.3. The van der Waals surface area contributed by atoms with E-state index in [1.54, 1.807) is 45.0 Å². The molecule has 0 unspecified atom stereocenters. The number of halogens is 4. The first-order valence-electron chi connectivity index (χ1n) is 12.0. The van der Waals surface area contributed by atoms with Crippen molar-refractivity contribution in [3.05, 3.63) is 82.7 Å². The van der Waals surface area contributed by atoms with E-state index < -0.39 is 28.9 Å². The van der Waals surface area contributed by atoms with Crippen molar-refractivity contribution in [2.24, 2.45) is 0 Å². The summed E-state index contributed by atoms with van der Waals surface area (Å²) in [5.74, 6) is -1.07. The van der Waals surface area contributed by atoms with Crippen LogP contribution in [0.2, 0.25) is 0 Å². The second kappa shape index (κ2) is 11.4. The minimum absolute atomic E-state index is 0.0244. The molecule has 3 aromatic carbocycles. The summed E-state index contributed by atoms with van der Waals surface area (Å²) >= 11 is 0. The Kier molecular flexibility index (Phi) is 8.72. The molecule has 9 heteroatoms. The van der Waals surface area contributed by atoms with Crippen LogP contribution in [0, 0.1) is 12.7 Å². The third kappa shape index (κ3) is 6.83. The molecule has 3 aromatic rings. The van der Waals surface area contributed by atoms with E-state index in [4.69, 9.17) is 9.47 Å². The molecule has 3 rings (SSSR count). The van der Waals surface area contributed by atoms with Gasteiger partial charge in [0.25, 0.3) is 0 Å². The highest BCUT2D eigenvalue weighted by Gasteiger charge is 2.33. The maximum absolute atomic E-state index is 13.8. The van der Waals surface area contributed by atoms with Crippen molar-refractivity contribution in [3.8, 4) is 22.6 Å². The lowest BCUT2D eigenvalue weighted by Crippen LogP contribution is -2.29. The van der Waals surface area contributed by atoms with E-state index in [-0.39, 0.29) is 30.5 Å². The second-order valence-electron chi connectivity index (χ2n) is 9.65. The van der Waals surface area contributed by atoms with E-state index in [9.17, 15) is 27.5 Å². The minimum atomic E-state index is -4.61. The number of carboxylic acids is 1. The molecule has 2 N–H and O–H groups in total. The van der Waals surface area contributed by atoms with Crippen LogP contribution < -0.4 is 14.8 Å². The van der Waals surface area contributed by atoms with Gasteiger partial charge >= 0.3 is 12.1 Å². The molecule has 0 spiro atoms. The molecule has 38 heavy (non-hydrogen) atoms. The minimum Gasteiger partial charge on any atom is -0.497 e. The smallest absolute Gasteiger partial charge is 0.416 e. The number of hydrogen-bond acceptors (Lipinski definition) is 4. The molecule has 0 bridgehead atoms. The van der Waals surface area contributed by atoms with Crippen LogP contribution in [-0.2, 0) is 16.4 Å². The van der Waals surface area contributed by atoms with Crippen LogP contribution in [0.3, 0.4) is 0 Å². The van der Waals surface area contributed by atoms with E-state index in [1.807, 2.05) is 6.92 Å². The van der Waals surface area contributed by atoms with Gasteiger partial charge in [-0.2, -0.15) is 13.2 Å². The van der Waals surface area contributed by atoms with Crippen LogP contribution in [0.1, 0.15) is 49.1 Å². The van der Waals surface area contributed by atoms with Gasteiger partial charge in [0.05, 0.1) is 18.1 Å². The van der Waals surface area contributed by atoms with Crippen molar-refractivity contribution in [2.75, 3.05) is 20.3 Å². The number of methoxy groups -OCH3 is 1. The largest absolute Gasteiger partial charge is 0.497 e. The Bertz CT molecular complexity index is 1300. The SMILES string of the molecule is COc1cc(F)cc([C@@H](C)NCCOc2cc(-c3ccc(C)c(C(C)(C)C(=O)O)c3)cc(C(F)(F)F)c2)c1. The molecule has 0 aromatic heterocycles. The Balaban J connectivity index is 1.81. The lowest BCUT2D eigenvalue weighted by molar-refractivity contribution is -0.142. The van der Waals surface area contributed by atoms with Crippen molar-refractivity contribution in [1.82, 2.24) is 5.32 Å². The topological polar surface area (TPSA) is 67.8 Å². The first-order chi connectivity index (χ1) is 17.7. The number of aryl methyl sites for hydroxylation is 1. The number of benzene rings is 3. The van der Waals surface area contributed by atoms with Gasteiger partial charge in [-0.1, -0.05) is 12.1 Å². The molecular weight excluding hydrogens is 502 g/mol. The molecule has 0 saturated carbocycles. The Hall–Kier alpha value is -3.59. The standard InChI is InChI=1S/C29H31F4NO4/c1-17-6-7-19(14-26(17)28(3,4)27(35)36)21-10-22(29(31,32)33)15-25(13-21)38-9-8-34-18(2)20-11-23(30)16-24(12-20)37-5/h6-7,10-16,18,34H,8-9H2,1-5H3,(H,35,36)/t18-/m1/s1. The molecule has 5 nitrogen and oxygen atoms in total. The highest BCUT2D eigenvalue weighted by Crippen LogP contribution is 2.37. The van der Waals surface area contributed by atoms with Gasteiger partial charge in [-0.05, 0) is 91.9 Å². The van der Waals surface area contributed by atoms with Gasteiger partial charge in [0, 0.05) is 18.7 Å². The van der Waals surface area contributed by atoms with E-state index in [2.05, 4.69) is 5.32 Å². The number of carbonyl (C=O) groups is 1. The maximum atomic E-state index is 13.8. The summed E-state index contributed by atoms with van der Waals surface area (Å²) < 4.78 is 65.6. The summed E-state index contributed by atoms with van der Waals surface area (Å²) in [5, 5.41) is 12.8. The number of ether oxygens (including phenoxy) is 2. The Morgan fingerprint density at radius 1 is 1.00 bits per heavy atom. The predicted octanol–water partition coefficient (Wildman–Crippen LogP) is 6.92. The lowest BCUT2D eigenvalue weighted by atomic mass is 9.80. The van der Waals surface area contributed by atoms with Crippen molar-refractivity contribution in [1.29, 1.82) is 0 Å². The monoisotopic (exact) mass is 533 g/mol. The van der Waals surface area contributed by atoms with Gasteiger partial charge in [-0.3, -0.25) is 4.79 Å².